The first-order valence-electron chi connectivity index (χ1n) is 8.27. The van der Waals surface area contributed by atoms with Crippen LogP contribution in [-0.2, 0) is 6.54 Å². The first-order chi connectivity index (χ1) is 11.6. The molecule has 0 amide bonds. The fourth-order valence-electron chi connectivity index (χ4n) is 3.48. The summed E-state index contributed by atoms with van der Waals surface area (Å²) >= 11 is 0. The number of nitrogens with zero attached hydrogens (tertiary/aromatic N) is 4. The first-order valence-corrected chi connectivity index (χ1v) is 8.27. The summed E-state index contributed by atoms with van der Waals surface area (Å²) in [5.41, 5.74) is 3.39. The van der Waals surface area contributed by atoms with Gasteiger partial charge in [0, 0.05) is 24.9 Å². The average molecular weight is 324 g/mol. The number of hydrogen-bond donors (Lipinski definition) is 0. The highest BCUT2D eigenvalue weighted by atomic mass is 16.5. The second kappa shape index (κ2) is 5.87. The van der Waals surface area contributed by atoms with E-state index in [1.54, 1.807) is 16.7 Å². The number of rotatable bonds is 3. The van der Waals surface area contributed by atoms with Gasteiger partial charge in [0.15, 0.2) is 5.76 Å². The van der Waals surface area contributed by atoms with Gasteiger partial charge in [0.2, 0.25) is 0 Å². The van der Waals surface area contributed by atoms with Gasteiger partial charge in [0.05, 0.1) is 17.4 Å². The van der Waals surface area contributed by atoms with E-state index in [0.717, 1.165) is 47.7 Å². The van der Waals surface area contributed by atoms with E-state index in [1.807, 2.05) is 32.0 Å². The summed E-state index contributed by atoms with van der Waals surface area (Å²) in [6.45, 7) is 5.52. The van der Waals surface area contributed by atoms with Crippen molar-refractivity contribution in [2.24, 2.45) is 0 Å². The molecule has 1 aliphatic heterocycles. The lowest BCUT2D eigenvalue weighted by Crippen LogP contribution is -2.25. The van der Waals surface area contributed by atoms with Crippen LogP contribution in [0.1, 0.15) is 41.6 Å². The predicted octanol–water partition coefficient (Wildman–Crippen LogP) is 2.64. The number of pyridine rings is 1. The molecule has 0 N–H and O–H groups in total. The van der Waals surface area contributed by atoms with Crippen LogP contribution >= 0.6 is 0 Å². The minimum atomic E-state index is -0.0371. The maximum Gasteiger partial charge on any atom is 0.258 e. The molecule has 1 atom stereocenters. The molecule has 6 heteroatoms. The Balaban J connectivity index is 1.66. The van der Waals surface area contributed by atoms with Gasteiger partial charge in [0.25, 0.3) is 5.56 Å². The molecular formula is C18H20N4O2. The molecule has 4 heterocycles. The molecule has 124 valence electrons. The van der Waals surface area contributed by atoms with Crippen molar-refractivity contribution in [3.63, 3.8) is 0 Å². The lowest BCUT2D eigenvalue weighted by molar-refractivity contribution is 0.204. The quantitative estimate of drug-likeness (QED) is 0.741. The largest absolute Gasteiger partial charge is 0.359 e. The molecule has 3 aromatic rings. The van der Waals surface area contributed by atoms with Crippen molar-refractivity contribution in [3.8, 4) is 0 Å². The molecule has 3 aromatic heterocycles. The van der Waals surface area contributed by atoms with E-state index in [4.69, 9.17) is 9.51 Å². The van der Waals surface area contributed by atoms with Crippen molar-refractivity contribution in [3.05, 3.63) is 63.5 Å². The number of aromatic nitrogens is 3. The Morgan fingerprint density at radius 3 is 3.00 bits per heavy atom. The smallest absolute Gasteiger partial charge is 0.258 e. The number of aryl methyl sites for hydroxylation is 2. The summed E-state index contributed by atoms with van der Waals surface area (Å²) in [6.07, 6.45) is 3.91. The van der Waals surface area contributed by atoms with Crippen molar-refractivity contribution in [2.45, 2.75) is 39.3 Å². The number of likely N-dealkylation sites (tertiary alicyclic amines) is 1. The van der Waals surface area contributed by atoms with Gasteiger partial charge in [0.1, 0.15) is 5.65 Å². The Morgan fingerprint density at radius 1 is 1.33 bits per heavy atom. The van der Waals surface area contributed by atoms with Crippen LogP contribution in [0.25, 0.3) is 5.65 Å². The summed E-state index contributed by atoms with van der Waals surface area (Å²) in [6, 6.07) is 7.68. The molecule has 0 bridgehead atoms. The molecule has 24 heavy (non-hydrogen) atoms. The van der Waals surface area contributed by atoms with Crippen molar-refractivity contribution in [2.75, 3.05) is 6.54 Å². The zero-order valence-electron chi connectivity index (χ0n) is 13.9. The molecule has 0 radical (unpaired) electrons. The lowest BCUT2D eigenvalue weighted by Gasteiger charge is -2.21. The van der Waals surface area contributed by atoms with Crippen molar-refractivity contribution in [1.29, 1.82) is 0 Å². The van der Waals surface area contributed by atoms with Gasteiger partial charge in [-0.15, -0.1) is 0 Å². The highest BCUT2D eigenvalue weighted by molar-refractivity contribution is 5.46. The second-order valence-corrected chi connectivity index (χ2v) is 6.47. The molecule has 0 unspecified atom stereocenters. The van der Waals surface area contributed by atoms with E-state index in [2.05, 4.69) is 10.1 Å². The van der Waals surface area contributed by atoms with Crippen LogP contribution in [0.2, 0.25) is 0 Å². The van der Waals surface area contributed by atoms with Crippen molar-refractivity contribution in [1.82, 2.24) is 19.4 Å². The molecule has 0 aliphatic carbocycles. The second-order valence-electron chi connectivity index (χ2n) is 6.47. The van der Waals surface area contributed by atoms with Crippen molar-refractivity contribution >= 4 is 5.65 Å². The Labute approximate surface area is 139 Å². The zero-order chi connectivity index (χ0) is 16.7. The average Bonchev–Trinajstić information content (AvgIpc) is 3.17. The summed E-state index contributed by atoms with van der Waals surface area (Å²) < 4.78 is 7.05. The van der Waals surface area contributed by atoms with Crippen LogP contribution in [0.4, 0.5) is 0 Å². The number of fused-ring (bicyclic) bond motifs is 1. The fraction of sp³-hybridized carbons (Fsp3) is 0.389. The summed E-state index contributed by atoms with van der Waals surface area (Å²) in [7, 11) is 0. The Kier molecular flexibility index (Phi) is 3.69. The Bertz CT molecular complexity index is 944. The van der Waals surface area contributed by atoms with E-state index in [9.17, 15) is 4.79 Å². The van der Waals surface area contributed by atoms with E-state index in [0.29, 0.717) is 6.54 Å². The third-order valence-corrected chi connectivity index (χ3v) is 4.64. The molecule has 6 nitrogen and oxygen atoms in total. The molecule has 1 aliphatic rings. The molecule has 1 saturated heterocycles. The van der Waals surface area contributed by atoms with E-state index >= 15 is 0 Å². The molecule has 0 aromatic carbocycles. The standard InChI is InChI=1S/C18H20N4O2/c1-12-5-3-8-22-17(23)10-14(19-18(12)22)11-21-7-4-6-15(21)16-9-13(2)20-24-16/h3,5,8-10,15H,4,6-7,11H2,1-2H3/t15-/m1/s1. The number of hydrogen-bond acceptors (Lipinski definition) is 5. The fourth-order valence-corrected chi connectivity index (χ4v) is 3.48. The minimum Gasteiger partial charge on any atom is -0.359 e. The summed E-state index contributed by atoms with van der Waals surface area (Å²) in [5.74, 6) is 0.902. The summed E-state index contributed by atoms with van der Waals surface area (Å²) in [5, 5.41) is 4.00. The van der Waals surface area contributed by atoms with Gasteiger partial charge < -0.3 is 4.52 Å². The van der Waals surface area contributed by atoms with Crippen LogP contribution in [0, 0.1) is 13.8 Å². The Morgan fingerprint density at radius 2 is 2.21 bits per heavy atom. The van der Waals surface area contributed by atoms with Gasteiger partial charge in [-0.05, 0) is 44.9 Å². The van der Waals surface area contributed by atoms with Gasteiger partial charge in [-0.3, -0.25) is 14.1 Å². The van der Waals surface area contributed by atoms with Gasteiger partial charge >= 0.3 is 0 Å². The van der Waals surface area contributed by atoms with E-state index < -0.39 is 0 Å². The molecule has 4 rings (SSSR count). The Hall–Kier alpha value is -2.47. The van der Waals surface area contributed by atoms with Crippen molar-refractivity contribution < 1.29 is 4.52 Å². The van der Waals surface area contributed by atoms with Gasteiger partial charge in [-0.25, -0.2) is 4.98 Å². The topological polar surface area (TPSA) is 63.6 Å². The van der Waals surface area contributed by atoms with Gasteiger partial charge in [-0.1, -0.05) is 11.2 Å². The summed E-state index contributed by atoms with van der Waals surface area (Å²) in [4.78, 5) is 19.4. The third kappa shape index (κ3) is 2.63. The predicted molar refractivity (Wildman–Crippen MR) is 89.8 cm³/mol. The van der Waals surface area contributed by atoms with Crippen LogP contribution in [0.3, 0.4) is 0 Å². The molecule has 0 spiro atoms. The zero-order valence-corrected chi connectivity index (χ0v) is 13.9. The van der Waals surface area contributed by atoms with Crippen LogP contribution in [0.15, 0.2) is 39.8 Å². The monoisotopic (exact) mass is 324 g/mol. The highest BCUT2D eigenvalue weighted by Crippen LogP contribution is 2.33. The molecule has 0 saturated carbocycles. The van der Waals surface area contributed by atoms with Crippen LogP contribution in [0.5, 0.6) is 0 Å². The van der Waals surface area contributed by atoms with E-state index in [-0.39, 0.29) is 11.6 Å². The lowest BCUT2D eigenvalue weighted by atomic mass is 10.1. The van der Waals surface area contributed by atoms with Crippen LogP contribution in [-0.4, -0.2) is 26.0 Å². The normalized spacial score (nSPS) is 18.5. The van der Waals surface area contributed by atoms with E-state index in [1.165, 1.54) is 0 Å². The van der Waals surface area contributed by atoms with Crippen LogP contribution < -0.4 is 5.56 Å². The molecule has 1 fully saturated rings. The van der Waals surface area contributed by atoms with Gasteiger partial charge in [-0.2, -0.15) is 0 Å². The first kappa shape index (κ1) is 15.1. The maximum absolute atomic E-state index is 12.4. The molecular weight excluding hydrogens is 304 g/mol. The maximum atomic E-state index is 12.4. The SMILES string of the molecule is Cc1cc([C@H]2CCCN2Cc2cc(=O)n3cccc(C)c3n2)on1. The highest BCUT2D eigenvalue weighted by Gasteiger charge is 2.29. The third-order valence-electron chi connectivity index (χ3n) is 4.64. The minimum absolute atomic E-state index is 0.0371.